The Morgan fingerprint density at radius 1 is 1.62 bits per heavy atom. The van der Waals surface area contributed by atoms with Crippen LogP contribution in [0.15, 0.2) is 11.1 Å². The fraction of sp³-hybridized carbons (Fsp3) is 0.333. The molecule has 70 valence electrons. The molecular formula is C6H9N5O2. The number of rotatable bonds is 1. The molecule has 0 aliphatic heterocycles. The van der Waals surface area contributed by atoms with E-state index < -0.39 is 11.7 Å². The molecule has 0 bridgehead atoms. The lowest BCUT2D eigenvalue weighted by Gasteiger charge is -2.01. The second-order valence-electron chi connectivity index (χ2n) is 2.28. The molecular weight excluding hydrogens is 174 g/mol. The van der Waals surface area contributed by atoms with Crippen LogP contribution >= 0.6 is 0 Å². The largest absolute Gasteiger partial charge is 0.351 e. The summed E-state index contributed by atoms with van der Waals surface area (Å²) >= 11 is 0. The lowest BCUT2D eigenvalue weighted by atomic mass is 10.8. The smallest absolute Gasteiger partial charge is 0.341 e. The van der Waals surface area contributed by atoms with Crippen molar-refractivity contribution < 1.29 is 4.79 Å². The molecule has 2 N–H and O–H groups in total. The van der Waals surface area contributed by atoms with E-state index in [0.29, 0.717) is 0 Å². The number of carbonyl (C=O) groups excluding carboxylic acids is 1. The van der Waals surface area contributed by atoms with Gasteiger partial charge in [0, 0.05) is 14.1 Å². The van der Waals surface area contributed by atoms with Crippen molar-refractivity contribution in [1.29, 1.82) is 0 Å². The van der Waals surface area contributed by atoms with Gasteiger partial charge in [-0.3, -0.25) is 9.88 Å². The van der Waals surface area contributed by atoms with Crippen LogP contribution in [-0.2, 0) is 7.05 Å². The normalized spacial score (nSPS) is 9.38. The van der Waals surface area contributed by atoms with Crippen LogP contribution in [0.3, 0.4) is 0 Å². The number of carbonyl (C=O) groups is 1. The van der Waals surface area contributed by atoms with Gasteiger partial charge in [-0.25, -0.2) is 14.6 Å². The van der Waals surface area contributed by atoms with Crippen molar-refractivity contribution in [2.75, 3.05) is 12.4 Å². The molecule has 0 aliphatic carbocycles. The second kappa shape index (κ2) is 3.65. The topological polar surface area (TPSA) is 88.9 Å². The van der Waals surface area contributed by atoms with Gasteiger partial charge >= 0.3 is 11.7 Å². The van der Waals surface area contributed by atoms with E-state index in [1.54, 1.807) is 0 Å². The lowest BCUT2D eigenvalue weighted by molar-refractivity contribution is 0.253. The molecule has 0 radical (unpaired) electrons. The molecule has 1 rings (SSSR count). The number of urea groups is 1. The van der Waals surface area contributed by atoms with E-state index in [9.17, 15) is 9.59 Å². The van der Waals surface area contributed by atoms with Crippen LogP contribution in [-0.4, -0.2) is 27.6 Å². The molecule has 13 heavy (non-hydrogen) atoms. The number of aryl methyl sites for hydroxylation is 1. The first-order valence-electron chi connectivity index (χ1n) is 3.52. The highest BCUT2D eigenvalue weighted by atomic mass is 16.2. The zero-order valence-corrected chi connectivity index (χ0v) is 7.24. The van der Waals surface area contributed by atoms with Gasteiger partial charge in [0.05, 0.1) is 0 Å². The molecule has 2 amide bonds. The molecule has 1 aromatic rings. The zero-order valence-electron chi connectivity index (χ0n) is 7.24. The Labute approximate surface area is 73.8 Å². The van der Waals surface area contributed by atoms with Crippen molar-refractivity contribution in [3.05, 3.63) is 16.8 Å². The predicted octanol–water partition coefficient (Wildman–Crippen LogP) is -1.07. The highest BCUT2D eigenvalue weighted by Crippen LogP contribution is 1.88. The van der Waals surface area contributed by atoms with Crippen molar-refractivity contribution in [1.82, 2.24) is 19.9 Å². The van der Waals surface area contributed by atoms with Gasteiger partial charge in [-0.2, -0.15) is 4.98 Å². The maximum absolute atomic E-state index is 10.9. The Morgan fingerprint density at radius 3 is 2.85 bits per heavy atom. The van der Waals surface area contributed by atoms with Crippen LogP contribution in [0, 0.1) is 0 Å². The first kappa shape index (κ1) is 9.17. The van der Waals surface area contributed by atoms with E-state index in [0.717, 1.165) is 0 Å². The number of hydrogen-bond acceptors (Lipinski definition) is 4. The van der Waals surface area contributed by atoms with Crippen LogP contribution < -0.4 is 16.3 Å². The standard InChI is InChI=1S/C6H9N5O2/c1-7-5(12)9-4-8-3-11(2)6(13)10-4/h3H,1-2H3,(H2,7,9,10,12,13). The first-order chi connectivity index (χ1) is 6.13. The predicted molar refractivity (Wildman–Crippen MR) is 45.4 cm³/mol. The SMILES string of the molecule is CNC(=O)Nc1ncn(C)c(=O)n1. The summed E-state index contributed by atoms with van der Waals surface area (Å²) < 4.78 is 1.20. The average Bonchev–Trinajstić information content (AvgIpc) is 2.11. The van der Waals surface area contributed by atoms with Crippen LogP contribution in [0.25, 0.3) is 0 Å². The molecule has 7 heteroatoms. The van der Waals surface area contributed by atoms with Crippen LogP contribution in [0.2, 0.25) is 0 Å². The van der Waals surface area contributed by atoms with Crippen molar-refractivity contribution in [2.24, 2.45) is 7.05 Å². The quantitative estimate of drug-likeness (QED) is 0.580. The molecule has 0 fully saturated rings. The molecule has 0 unspecified atom stereocenters. The van der Waals surface area contributed by atoms with Crippen molar-refractivity contribution >= 4 is 12.0 Å². The monoisotopic (exact) mass is 183 g/mol. The van der Waals surface area contributed by atoms with Gasteiger partial charge in [0.2, 0.25) is 5.95 Å². The maximum Gasteiger partial charge on any atom is 0.351 e. The summed E-state index contributed by atoms with van der Waals surface area (Å²) in [5, 5.41) is 4.58. The summed E-state index contributed by atoms with van der Waals surface area (Å²) in [6, 6.07) is -0.465. The van der Waals surface area contributed by atoms with Crippen LogP contribution in [0.4, 0.5) is 10.7 Å². The van der Waals surface area contributed by atoms with E-state index in [2.05, 4.69) is 20.6 Å². The van der Waals surface area contributed by atoms with E-state index in [1.165, 1.54) is 25.0 Å². The van der Waals surface area contributed by atoms with Crippen molar-refractivity contribution in [2.45, 2.75) is 0 Å². The maximum atomic E-state index is 10.9. The Bertz CT molecular complexity index is 372. The fourth-order valence-corrected chi connectivity index (χ4v) is 0.613. The Kier molecular flexibility index (Phi) is 2.58. The third kappa shape index (κ3) is 2.26. The first-order valence-corrected chi connectivity index (χ1v) is 3.52. The van der Waals surface area contributed by atoms with Gasteiger partial charge in [0.1, 0.15) is 6.33 Å². The molecule has 7 nitrogen and oxygen atoms in total. The number of anilines is 1. The lowest BCUT2D eigenvalue weighted by Crippen LogP contribution is -2.29. The van der Waals surface area contributed by atoms with E-state index in [1.807, 2.05) is 0 Å². The molecule has 1 heterocycles. The van der Waals surface area contributed by atoms with Crippen LogP contribution in [0.5, 0.6) is 0 Å². The Morgan fingerprint density at radius 2 is 2.31 bits per heavy atom. The number of hydrogen-bond donors (Lipinski definition) is 2. The minimum atomic E-state index is -0.471. The van der Waals surface area contributed by atoms with Gasteiger partial charge < -0.3 is 5.32 Å². The van der Waals surface area contributed by atoms with Gasteiger partial charge in [0.15, 0.2) is 0 Å². The minimum Gasteiger partial charge on any atom is -0.341 e. The summed E-state index contributed by atoms with van der Waals surface area (Å²) in [5.41, 5.74) is -0.471. The van der Waals surface area contributed by atoms with E-state index in [-0.39, 0.29) is 5.95 Å². The summed E-state index contributed by atoms with van der Waals surface area (Å²) in [6.45, 7) is 0. The molecule has 0 atom stereocenters. The van der Waals surface area contributed by atoms with E-state index >= 15 is 0 Å². The molecule has 0 spiro atoms. The average molecular weight is 183 g/mol. The highest BCUT2D eigenvalue weighted by Gasteiger charge is 2.01. The summed E-state index contributed by atoms with van der Waals surface area (Å²) in [7, 11) is 2.97. The zero-order chi connectivity index (χ0) is 9.84. The molecule has 0 aliphatic rings. The summed E-state index contributed by atoms with van der Waals surface area (Å²) in [4.78, 5) is 28.9. The van der Waals surface area contributed by atoms with Crippen LogP contribution in [0.1, 0.15) is 0 Å². The molecule has 0 saturated carbocycles. The number of nitrogens with zero attached hydrogens (tertiary/aromatic N) is 3. The molecule has 0 saturated heterocycles. The van der Waals surface area contributed by atoms with Crippen molar-refractivity contribution in [3.63, 3.8) is 0 Å². The van der Waals surface area contributed by atoms with Gasteiger partial charge in [-0.05, 0) is 0 Å². The van der Waals surface area contributed by atoms with Gasteiger partial charge in [0.25, 0.3) is 0 Å². The van der Waals surface area contributed by atoms with Crippen molar-refractivity contribution in [3.8, 4) is 0 Å². The third-order valence-electron chi connectivity index (χ3n) is 1.31. The number of nitrogens with one attached hydrogen (secondary N) is 2. The minimum absolute atomic E-state index is 0.0116. The Hall–Kier alpha value is -1.92. The molecule has 1 aromatic heterocycles. The third-order valence-corrected chi connectivity index (χ3v) is 1.31. The summed E-state index contributed by atoms with van der Waals surface area (Å²) in [6.07, 6.45) is 1.28. The summed E-state index contributed by atoms with van der Waals surface area (Å²) in [5.74, 6) is -0.0116. The number of amides is 2. The highest BCUT2D eigenvalue weighted by molar-refractivity contribution is 5.86. The molecule has 0 aromatic carbocycles. The Balaban J connectivity index is 2.86. The van der Waals surface area contributed by atoms with Gasteiger partial charge in [-0.15, -0.1) is 0 Å². The van der Waals surface area contributed by atoms with Gasteiger partial charge in [-0.1, -0.05) is 0 Å². The second-order valence-corrected chi connectivity index (χ2v) is 2.28. The van der Waals surface area contributed by atoms with E-state index in [4.69, 9.17) is 0 Å². The fourth-order valence-electron chi connectivity index (χ4n) is 0.613. The number of aromatic nitrogens is 3.